The van der Waals surface area contributed by atoms with Crippen molar-refractivity contribution in [3.8, 4) is 11.6 Å². The van der Waals surface area contributed by atoms with E-state index in [1.165, 1.54) is 12.1 Å². The number of nitrogens with zero attached hydrogens (tertiary/aromatic N) is 2. The van der Waals surface area contributed by atoms with Crippen molar-refractivity contribution in [1.29, 1.82) is 0 Å². The molecular weight excluding hydrogens is 380 g/mol. The Morgan fingerprint density at radius 3 is 2.63 bits per heavy atom. The van der Waals surface area contributed by atoms with Crippen LogP contribution in [-0.4, -0.2) is 9.91 Å². The molecule has 0 unspecified atom stereocenters. The molecule has 0 fully saturated rings. The monoisotopic (exact) mass is 386 g/mol. The Kier molecular flexibility index (Phi) is 4.16. The van der Waals surface area contributed by atoms with Gasteiger partial charge in [-0.05, 0) is 41.1 Å². The molecule has 98 valence electrons. The Bertz CT molecular complexity index is 647. The van der Waals surface area contributed by atoms with Crippen LogP contribution in [0, 0.1) is 17.0 Å². The van der Waals surface area contributed by atoms with Crippen molar-refractivity contribution in [3.05, 3.63) is 55.1 Å². The van der Waals surface area contributed by atoms with Crippen LogP contribution in [0.2, 0.25) is 0 Å². The topological polar surface area (TPSA) is 65.3 Å². The van der Waals surface area contributed by atoms with Gasteiger partial charge in [0.15, 0.2) is 0 Å². The van der Waals surface area contributed by atoms with E-state index < -0.39 is 4.92 Å². The zero-order chi connectivity index (χ0) is 14.0. The van der Waals surface area contributed by atoms with Crippen LogP contribution in [0.3, 0.4) is 0 Å². The Morgan fingerprint density at radius 1 is 1.26 bits per heavy atom. The summed E-state index contributed by atoms with van der Waals surface area (Å²) >= 11 is 6.52. The molecule has 0 aliphatic rings. The summed E-state index contributed by atoms with van der Waals surface area (Å²) in [5, 5.41) is 11.0. The molecule has 1 aromatic heterocycles. The van der Waals surface area contributed by atoms with Crippen molar-refractivity contribution in [1.82, 2.24) is 4.98 Å². The maximum Gasteiger partial charge on any atom is 0.312 e. The molecule has 2 rings (SSSR count). The smallest absolute Gasteiger partial charge is 0.312 e. The van der Waals surface area contributed by atoms with Crippen molar-refractivity contribution in [3.63, 3.8) is 0 Å². The number of hydrogen-bond donors (Lipinski definition) is 0. The van der Waals surface area contributed by atoms with Gasteiger partial charge in [-0.15, -0.1) is 0 Å². The van der Waals surface area contributed by atoms with Crippen molar-refractivity contribution in [2.75, 3.05) is 0 Å². The lowest BCUT2D eigenvalue weighted by Gasteiger charge is -2.07. The number of hydrogen-bond acceptors (Lipinski definition) is 4. The lowest BCUT2D eigenvalue weighted by molar-refractivity contribution is -0.385. The molecule has 0 spiro atoms. The molecule has 5 nitrogen and oxygen atoms in total. The highest BCUT2D eigenvalue weighted by Gasteiger charge is 2.16. The van der Waals surface area contributed by atoms with E-state index in [9.17, 15) is 10.1 Å². The fourth-order valence-electron chi connectivity index (χ4n) is 1.41. The summed E-state index contributed by atoms with van der Waals surface area (Å²) in [5.41, 5.74) is 0.633. The van der Waals surface area contributed by atoms with Gasteiger partial charge < -0.3 is 4.74 Å². The lowest BCUT2D eigenvalue weighted by atomic mass is 10.3. The second-order valence-corrected chi connectivity index (χ2v) is 5.46. The maximum absolute atomic E-state index is 11.0. The summed E-state index contributed by atoms with van der Waals surface area (Å²) in [7, 11) is 0. The number of benzene rings is 1. The molecule has 1 heterocycles. The molecule has 0 aliphatic carbocycles. The number of nitro benzene ring substituents is 1. The van der Waals surface area contributed by atoms with Gasteiger partial charge in [0.2, 0.25) is 11.6 Å². The molecule has 7 heteroatoms. The predicted molar refractivity (Wildman–Crippen MR) is 77.5 cm³/mol. The van der Waals surface area contributed by atoms with Crippen molar-refractivity contribution >= 4 is 37.5 Å². The van der Waals surface area contributed by atoms with Crippen LogP contribution in [-0.2, 0) is 0 Å². The number of ether oxygens (including phenoxy) is 1. The summed E-state index contributed by atoms with van der Waals surface area (Å²) in [4.78, 5) is 14.7. The fourth-order valence-corrected chi connectivity index (χ4v) is 1.98. The van der Waals surface area contributed by atoms with Crippen LogP contribution in [0.15, 0.2) is 39.3 Å². The van der Waals surface area contributed by atoms with Gasteiger partial charge in [-0.2, -0.15) is 0 Å². The van der Waals surface area contributed by atoms with Gasteiger partial charge in [-0.3, -0.25) is 10.1 Å². The summed E-state index contributed by atoms with van der Waals surface area (Å²) in [5.74, 6) is 0.466. The minimum absolute atomic E-state index is 0.114. The first-order valence-electron chi connectivity index (χ1n) is 5.22. The van der Waals surface area contributed by atoms with Crippen LogP contribution < -0.4 is 4.74 Å². The first kappa shape index (κ1) is 14.0. The molecule has 0 amide bonds. The Labute approximate surface area is 126 Å². The molecule has 0 N–H and O–H groups in total. The summed E-state index contributed by atoms with van der Waals surface area (Å²) in [6.45, 7) is 1.81. The molecule has 0 saturated heterocycles. The molecule has 0 radical (unpaired) electrons. The molecule has 0 atom stereocenters. The zero-order valence-electron chi connectivity index (χ0n) is 9.76. The minimum atomic E-state index is -0.494. The summed E-state index contributed by atoms with van der Waals surface area (Å²) in [6, 6.07) is 8.02. The zero-order valence-corrected chi connectivity index (χ0v) is 12.9. The van der Waals surface area contributed by atoms with Crippen molar-refractivity contribution in [2.45, 2.75) is 6.92 Å². The third-order valence-corrected chi connectivity index (χ3v) is 3.66. The van der Waals surface area contributed by atoms with E-state index in [1.54, 1.807) is 18.2 Å². The standard InChI is InChI=1S/C12H8Br2N2O3/c1-7-9(14)3-5-12(15-7)19-11-4-2-8(13)6-10(11)16(17)18/h2-6H,1H3. The highest BCUT2D eigenvalue weighted by atomic mass is 79.9. The van der Waals surface area contributed by atoms with Gasteiger partial charge >= 0.3 is 5.69 Å². The molecule has 0 bridgehead atoms. The molecule has 0 aliphatic heterocycles. The number of rotatable bonds is 3. The van der Waals surface area contributed by atoms with E-state index in [1.807, 2.05) is 6.92 Å². The number of aromatic nitrogens is 1. The second-order valence-electron chi connectivity index (χ2n) is 3.69. The highest BCUT2D eigenvalue weighted by Crippen LogP contribution is 2.33. The van der Waals surface area contributed by atoms with Crippen LogP contribution in [0.4, 0.5) is 5.69 Å². The van der Waals surface area contributed by atoms with Gasteiger partial charge in [0.25, 0.3) is 0 Å². The van der Waals surface area contributed by atoms with Crippen LogP contribution in [0.25, 0.3) is 0 Å². The number of halogens is 2. The van der Waals surface area contributed by atoms with Crippen molar-refractivity contribution < 1.29 is 9.66 Å². The van der Waals surface area contributed by atoms with Gasteiger partial charge in [0, 0.05) is 21.1 Å². The van der Waals surface area contributed by atoms with Gasteiger partial charge in [0.1, 0.15) is 0 Å². The Hall–Kier alpha value is -1.47. The number of pyridine rings is 1. The summed E-state index contributed by atoms with van der Waals surface area (Å²) < 4.78 is 6.94. The minimum Gasteiger partial charge on any atom is -0.432 e. The van der Waals surface area contributed by atoms with E-state index in [-0.39, 0.29) is 11.4 Å². The normalized spacial score (nSPS) is 10.3. The predicted octanol–water partition coefficient (Wildman–Crippen LogP) is 4.62. The summed E-state index contributed by atoms with van der Waals surface area (Å²) in [6.07, 6.45) is 0. The molecule has 2 aromatic rings. The van der Waals surface area contributed by atoms with E-state index >= 15 is 0 Å². The van der Waals surface area contributed by atoms with Crippen LogP contribution in [0.5, 0.6) is 11.6 Å². The highest BCUT2D eigenvalue weighted by molar-refractivity contribution is 9.10. The van der Waals surface area contributed by atoms with E-state index in [0.29, 0.717) is 10.4 Å². The Balaban J connectivity index is 2.37. The largest absolute Gasteiger partial charge is 0.432 e. The average molecular weight is 388 g/mol. The number of nitro groups is 1. The van der Waals surface area contributed by atoms with Gasteiger partial charge in [-0.1, -0.05) is 15.9 Å². The first-order chi connectivity index (χ1) is 8.97. The Morgan fingerprint density at radius 2 is 2.00 bits per heavy atom. The first-order valence-corrected chi connectivity index (χ1v) is 6.81. The number of aryl methyl sites for hydroxylation is 1. The second kappa shape index (κ2) is 5.66. The van der Waals surface area contributed by atoms with E-state index in [0.717, 1.165) is 10.2 Å². The quantitative estimate of drug-likeness (QED) is 0.569. The van der Waals surface area contributed by atoms with Crippen LogP contribution >= 0.6 is 31.9 Å². The van der Waals surface area contributed by atoms with Crippen LogP contribution in [0.1, 0.15) is 5.69 Å². The SMILES string of the molecule is Cc1nc(Oc2ccc(Br)cc2[N+](=O)[O-])ccc1Br. The van der Waals surface area contributed by atoms with E-state index in [4.69, 9.17) is 4.74 Å². The lowest BCUT2D eigenvalue weighted by Crippen LogP contribution is -1.95. The van der Waals surface area contributed by atoms with Gasteiger partial charge in [-0.25, -0.2) is 4.98 Å². The third-order valence-electron chi connectivity index (χ3n) is 2.33. The van der Waals surface area contributed by atoms with Crippen molar-refractivity contribution in [2.24, 2.45) is 0 Å². The third kappa shape index (κ3) is 3.30. The maximum atomic E-state index is 11.0. The average Bonchev–Trinajstić information content (AvgIpc) is 2.36. The molecular formula is C12H8Br2N2O3. The van der Waals surface area contributed by atoms with E-state index in [2.05, 4.69) is 36.8 Å². The molecule has 19 heavy (non-hydrogen) atoms. The molecule has 1 aromatic carbocycles. The fraction of sp³-hybridized carbons (Fsp3) is 0.0833. The molecule has 0 saturated carbocycles. The van der Waals surface area contributed by atoms with Gasteiger partial charge in [0.05, 0.1) is 10.6 Å².